The highest BCUT2D eigenvalue weighted by Gasteiger charge is 2.21. The third kappa shape index (κ3) is 8.06. The molecule has 0 bridgehead atoms. The van der Waals surface area contributed by atoms with E-state index < -0.39 is 12.5 Å². The Bertz CT molecular complexity index is 152. The van der Waals surface area contributed by atoms with Crippen molar-refractivity contribution in [3.8, 4) is 0 Å². The fraction of sp³-hybridized carbons (Fsp3) is 1.00. The Balaban J connectivity index is 4.20. The molecule has 0 amide bonds. The van der Waals surface area contributed by atoms with Gasteiger partial charge in [0.25, 0.3) is 0 Å². The van der Waals surface area contributed by atoms with E-state index in [-0.39, 0.29) is 10.8 Å². The molecule has 0 heterocycles. The largest absolute Gasteiger partial charge is 0.393 e. The van der Waals surface area contributed by atoms with Gasteiger partial charge in [0.2, 0.25) is 0 Å². The molecule has 0 radical (unpaired) electrons. The van der Waals surface area contributed by atoms with Crippen LogP contribution in [0.4, 0.5) is 0 Å². The molecule has 0 spiro atoms. The lowest BCUT2D eigenvalue weighted by Gasteiger charge is -2.27. The van der Waals surface area contributed by atoms with Gasteiger partial charge in [-0.1, -0.05) is 41.5 Å². The number of aliphatic hydroxyl groups excluding tert-OH is 1. The normalized spacial score (nSPS) is 20.1. The number of rotatable bonds is 2. The van der Waals surface area contributed by atoms with Gasteiger partial charge in [-0.05, 0) is 23.6 Å². The van der Waals surface area contributed by atoms with Crippen LogP contribution in [0.25, 0.3) is 0 Å². The van der Waals surface area contributed by atoms with E-state index in [2.05, 4.69) is 20.8 Å². The maximum atomic E-state index is 9.80. The third-order valence-corrected chi connectivity index (χ3v) is 1.51. The predicted molar refractivity (Wildman–Crippen MR) is 54.2 cm³/mol. The highest BCUT2D eigenvalue weighted by molar-refractivity contribution is 4.73. The van der Waals surface area contributed by atoms with Crippen molar-refractivity contribution in [2.24, 2.45) is 10.8 Å². The zero-order valence-corrected chi connectivity index (χ0v) is 9.31. The van der Waals surface area contributed by atoms with E-state index in [4.69, 9.17) is 1.37 Å². The molecule has 0 aliphatic carbocycles. The first-order valence-corrected chi connectivity index (χ1v) is 4.64. The minimum absolute atomic E-state index is 0.101. The monoisotopic (exact) mass is 173 g/mol. The fourth-order valence-corrected chi connectivity index (χ4v) is 1.26. The molecule has 1 nitrogen and oxygen atoms in total. The number of hydrogen-bond donors (Lipinski definition) is 1. The second kappa shape index (κ2) is 3.78. The maximum Gasteiger partial charge on any atom is 0.0550 e. The van der Waals surface area contributed by atoms with Crippen molar-refractivity contribution in [3.63, 3.8) is 0 Å². The smallest absolute Gasteiger partial charge is 0.0550 e. The lowest BCUT2D eigenvalue weighted by molar-refractivity contribution is 0.0807. The number of hydrogen-bond acceptors (Lipinski definition) is 1. The van der Waals surface area contributed by atoms with Gasteiger partial charge in [0.15, 0.2) is 0 Å². The van der Waals surface area contributed by atoms with Crippen LogP contribution in [0.5, 0.6) is 0 Å². The molecule has 0 aliphatic heterocycles. The molecule has 0 aliphatic rings. The molecular weight excluding hydrogens is 148 g/mol. The molecule has 0 aromatic rings. The lowest BCUT2D eigenvalue weighted by atomic mass is 9.82. The summed E-state index contributed by atoms with van der Waals surface area (Å²) in [5.41, 5.74) is -0.0331. The van der Waals surface area contributed by atoms with Gasteiger partial charge < -0.3 is 5.11 Å². The molecule has 0 aromatic carbocycles. The fourth-order valence-electron chi connectivity index (χ4n) is 1.26. The molecule has 1 N–H and O–H groups in total. The van der Waals surface area contributed by atoms with Gasteiger partial charge in [0.1, 0.15) is 0 Å². The minimum Gasteiger partial charge on any atom is -0.393 e. The van der Waals surface area contributed by atoms with Crippen molar-refractivity contribution >= 4 is 0 Å². The summed E-state index contributed by atoms with van der Waals surface area (Å²) in [4.78, 5) is 0. The summed E-state index contributed by atoms with van der Waals surface area (Å²) < 4.78 is 7.86. The second-order valence-corrected chi connectivity index (χ2v) is 5.86. The molecule has 0 fully saturated rings. The highest BCUT2D eigenvalue weighted by atomic mass is 16.3. The Morgan fingerprint density at radius 2 is 1.50 bits per heavy atom. The second-order valence-electron chi connectivity index (χ2n) is 5.86. The van der Waals surface area contributed by atoms with Crippen molar-refractivity contribution in [3.05, 3.63) is 0 Å². The summed E-state index contributed by atoms with van der Waals surface area (Å²) in [7, 11) is 0. The molecule has 0 saturated heterocycles. The lowest BCUT2D eigenvalue weighted by Crippen LogP contribution is -2.22. The van der Waals surface area contributed by atoms with Crippen molar-refractivity contribution in [1.29, 1.82) is 0 Å². The van der Waals surface area contributed by atoms with Crippen LogP contribution in [-0.4, -0.2) is 11.2 Å². The Morgan fingerprint density at radius 3 is 1.75 bits per heavy atom. The van der Waals surface area contributed by atoms with Crippen LogP contribution in [0.1, 0.15) is 55.7 Å². The summed E-state index contributed by atoms with van der Waals surface area (Å²) >= 11 is 0. The maximum absolute atomic E-state index is 9.80. The first kappa shape index (κ1) is 10.0. The van der Waals surface area contributed by atoms with Crippen LogP contribution >= 0.6 is 0 Å². The Kier molecular flexibility index (Phi) is 3.16. The van der Waals surface area contributed by atoms with Crippen LogP contribution in [0, 0.1) is 10.8 Å². The van der Waals surface area contributed by atoms with Gasteiger partial charge in [-0.2, -0.15) is 0 Å². The quantitative estimate of drug-likeness (QED) is 0.680. The minimum atomic E-state index is -0.514. The van der Waals surface area contributed by atoms with E-state index in [1.54, 1.807) is 0 Å². The Hall–Kier alpha value is -0.0400. The first-order valence-electron chi connectivity index (χ1n) is 5.22. The van der Waals surface area contributed by atoms with Crippen LogP contribution in [-0.2, 0) is 0 Å². The molecule has 74 valence electrons. The van der Waals surface area contributed by atoms with Gasteiger partial charge in [-0.25, -0.2) is 0 Å². The molecule has 1 heteroatoms. The van der Waals surface area contributed by atoms with Crippen molar-refractivity contribution in [2.45, 2.75) is 60.5 Å². The molecule has 12 heavy (non-hydrogen) atoms. The molecule has 0 aromatic heterocycles. The van der Waals surface area contributed by atoms with E-state index in [1.165, 1.54) is 0 Å². The summed E-state index contributed by atoms with van der Waals surface area (Å²) in [6, 6.07) is 0. The zero-order valence-electron chi connectivity index (χ0n) is 10.3. The molecule has 2 atom stereocenters. The van der Waals surface area contributed by atoms with Gasteiger partial charge in [-0.15, -0.1) is 0 Å². The average Bonchev–Trinajstić information content (AvgIpc) is 1.79. The van der Waals surface area contributed by atoms with Crippen LogP contribution in [0.15, 0.2) is 0 Å². The summed E-state index contributed by atoms with van der Waals surface area (Å²) in [6.07, 6.45) is -0.218. The predicted octanol–water partition coefficient (Wildman–Crippen LogP) is 3.22. The van der Waals surface area contributed by atoms with Gasteiger partial charge >= 0.3 is 0 Å². The average molecular weight is 173 g/mol. The van der Waals surface area contributed by atoms with Crippen LogP contribution in [0.2, 0.25) is 0 Å². The van der Waals surface area contributed by atoms with Gasteiger partial charge in [-0.3, -0.25) is 0 Å². The standard InChI is InChI=1S/C11H24O/c1-10(2,3)7-9(12)8-11(4,5)6/h9,12H,7-8H2,1-6H3/i7D/t7?,9-/m0/s1. The van der Waals surface area contributed by atoms with Crippen LogP contribution < -0.4 is 0 Å². The molecule has 0 rings (SSSR count). The third-order valence-electron chi connectivity index (χ3n) is 1.51. The highest BCUT2D eigenvalue weighted by Crippen LogP contribution is 2.28. The van der Waals surface area contributed by atoms with Crippen LogP contribution in [0.3, 0.4) is 0 Å². The van der Waals surface area contributed by atoms with E-state index in [0.717, 1.165) is 0 Å². The summed E-state index contributed by atoms with van der Waals surface area (Å²) in [5, 5.41) is 9.80. The Morgan fingerprint density at radius 1 is 1.08 bits per heavy atom. The Labute approximate surface area is 78.6 Å². The first-order chi connectivity index (χ1) is 5.54. The molecule has 0 saturated carbocycles. The summed E-state index contributed by atoms with van der Waals surface area (Å²) in [6.45, 7) is 12.3. The van der Waals surface area contributed by atoms with Gasteiger partial charge in [0.05, 0.1) is 6.10 Å². The van der Waals surface area contributed by atoms with Gasteiger partial charge in [0, 0.05) is 1.37 Å². The zero-order chi connectivity index (χ0) is 10.9. The molecule has 1 unspecified atom stereocenters. The van der Waals surface area contributed by atoms with Crippen molar-refractivity contribution in [2.75, 3.05) is 0 Å². The van der Waals surface area contributed by atoms with E-state index in [9.17, 15) is 5.11 Å². The summed E-state index contributed by atoms with van der Waals surface area (Å²) in [5.74, 6) is 0. The van der Waals surface area contributed by atoms with E-state index in [0.29, 0.717) is 6.42 Å². The SMILES string of the molecule is [2H]C([C@H](O)CC(C)(C)C)C(C)(C)C. The number of aliphatic hydroxyl groups is 1. The van der Waals surface area contributed by atoms with E-state index in [1.807, 2.05) is 20.8 Å². The van der Waals surface area contributed by atoms with Crippen molar-refractivity contribution in [1.82, 2.24) is 0 Å². The van der Waals surface area contributed by atoms with Crippen molar-refractivity contribution < 1.29 is 6.48 Å². The van der Waals surface area contributed by atoms with E-state index >= 15 is 0 Å². The topological polar surface area (TPSA) is 20.2 Å². The molecular formula is C11H24O.